The van der Waals surface area contributed by atoms with Crippen LogP contribution in [0.5, 0.6) is 0 Å². The van der Waals surface area contributed by atoms with Crippen molar-refractivity contribution >= 4 is 31.8 Å². The molecule has 1 fully saturated rings. The van der Waals surface area contributed by atoms with Crippen molar-refractivity contribution < 1.29 is 12.9 Å². The minimum Gasteiger partial charge on any atom is -0.324 e. The molecule has 0 radical (unpaired) electrons. The average Bonchev–Trinajstić information content (AvgIpc) is 3.11. The number of hydrogen-bond donors (Lipinski definition) is 0. The van der Waals surface area contributed by atoms with Gasteiger partial charge >= 0.3 is 6.01 Å². The van der Waals surface area contributed by atoms with E-state index in [1.807, 2.05) is 17.0 Å². The van der Waals surface area contributed by atoms with E-state index in [4.69, 9.17) is 9.51 Å². The molecule has 1 aromatic carbocycles. The van der Waals surface area contributed by atoms with Gasteiger partial charge < -0.3 is 9.42 Å². The molecule has 2 aromatic rings. The van der Waals surface area contributed by atoms with Gasteiger partial charge in [0.2, 0.25) is 0 Å². The summed E-state index contributed by atoms with van der Waals surface area (Å²) in [5.41, 5.74) is 0.747. The molecule has 1 unspecified atom stereocenters. The minimum atomic E-state index is -3.00. The maximum Gasteiger partial charge on any atom is 0.324 e. The van der Waals surface area contributed by atoms with Gasteiger partial charge in [0.1, 0.15) is 9.84 Å². The molecule has 148 valence electrons. The van der Waals surface area contributed by atoms with Crippen LogP contribution in [-0.2, 0) is 15.3 Å². The van der Waals surface area contributed by atoms with E-state index >= 15 is 0 Å². The highest BCUT2D eigenvalue weighted by molar-refractivity contribution is 9.10. The summed E-state index contributed by atoms with van der Waals surface area (Å²) in [5, 5.41) is 4.02. The second-order valence-electron chi connectivity index (χ2n) is 7.78. The Balaban J connectivity index is 1.84. The number of piperidine rings is 1. The summed E-state index contributed by atoms with van der Waals surface area (Å²) >= 11 is 3.48. The number of sulfone groups is 1. The van der Waals surface area contributed by atoms with Gasteiger partial charge in [-0.1, -0.05) is 47.1 Å². The van der Waals surface area contributed by atoms with Crippen molar-refractivity contribution in [3.8, 4) is 0 Å². The van der Waals surface area contributed by atoms with Crippen LogP contribution < -0.4 is 4.90 Å². The lowest BCUT2D eigenvalue weighted by Crippen LogP contribution is -2.39. The third-order valence-electron chi connectivity index (χ3n) is 5.80. The molecule has 0 amide bonds. The van der Waals surface area contributed by atoms with E-state index in [2.05, 4.69) is 54.0 Å². The van der Waals surface area contributed by atoms with Crippen molar-refractivity contribution in [2.75, 3.05) is 24.2 Å². The first-order valence-electron chi connectivity index (χ1n) is 9.16. The molecule has 0 N–H and O–H groups in total. The third-order valence-corrected chi connectivity index (χ3v) is 8.01. The molecule has 8 heteroatoms. The van der Waals surface area contributed by atoms with Crippen molar-refractivity contribution in [1.82, 2.24) is 10.1 Å². The van der Waals surface area contributed by atoms with E-state index in [1.165, 1.54) is 6.26 Å². The topological polar surface area (TPSA) is 76.3 Å². The van der Waals surface area contributed by atoms with E-state index in [0.717, 1.165) is 10.0 Å². The second-order valence-corrected chi connectivity index (χ2v) is 11.0. The lowest BCUT2D eigenvalue weighted by Gasteiger charge is -2.31. The zero-order chi connectivity index (χ0) is 19.8. The molecule has 1 aliphatic rings. The predicted octanol–water partition coefficient (Wildman–Crippen LogP) is 3.81. The van der Waals surface area contributed by atoms with Gasteiger partial charge in [0.15, 0.2) is 5.82 Å². The van der Waals surface area contributed by atoms with E-state index in [9.17, 15) is 8.42 Å². The van der Waals surface area contributed by atoms with Gasteiger partial charge in [0.05, 0.1) is 10.7 Å². The summed E-state index contributed by atoms with van der Waals surface area (Å²) in [4.78, 5) is 6.69. The van der Waals surface area contributed by atoms with E-state index < -0.39 is 9.84 Å². The molecule has 0 saturated carbocycles. The summed E-state index contributed by atoms with van der Waals surface area (Å²) in [6, 6.07) is 8.68. The smallest absolute Gasteiger partial charge is 0.324 e. The fourth-order valence-electron chi connectivity index (χ4n) is 3.55. The number of benzene rings is 1. The van der Waals surface area contributed by atoms with E-state index in [0.29, 0.717) is 37.8 Å². The monoisotopic (exact) mass is 455 g/mol. The summed E-state index contributed by atoms with van der Waals surface area (Å²) in [6.07, 6.45) is 2.49. The normalized spacial score (nSPS) is 18.7. The molecule has 27 heavy (non-hydrogen) atoms. The number of anilines is 1. The molecule has 6 nitrogen and oxygen atoms in total. The highest BCUT2D eigenvalue weighted by Gasteiger charge is 2.38. The fraction of sp³-hybridized carbons (Fsp3) is 0.579. The average molecular weight is 456 g/mol. The highest BCUT2D eigenvalue weighted by atomic mass is 79.9. The summed E-state index contributed by atoms with van der Waals surface area (Å²) < 4.78 is 30.1. The van der Waals surface area contributed by atoms with E-state index in [1.54, 1.807) is 0 Å². The van der Waals surface area contributed by atoms with Crippen molar-refractivity contribution in [3.63, 3.8) is 0 Å². The van der Waals surface area contributed by atoms with Crippen molar-refractivity contribution in [3.05, 3.63) is 40.1 Å². The van der Waals surface area contributed by atoms with Gasteiger partial charge in [-0.25, -0.2) is 8.42 Å². The summed E-state index contributed by atoms with van der Waals surface area (Å²) in [6.45, 7) is 7.64. The van der Waals surface area contributed by atoms with Crippen LogP contribution in [0.25, 0.3) is 0 Å². The highest BCUT2D eigenvalue weighted by Crippen LogP contribution is 2.38. The first-order valence-corrected chi connectivity index (χ1v) is 11.9. The van der Waals surface area contributed by atoms with E-state index in [-0.39, 0.29) is 16.6 Å². The molecule has 1 atom stereocenters. The Labute approximate surface area is 169 Å². The molecular formula is C19H26BrN3O3S. The number of rotatable bonds is 5. The maximum absolute atomic E-state index is 11.7. The van der Waals surface area contributed by atoms with Crippen LogP contribution in [0, 0.1) is 5.92 Å². The maximum atomic E-state index is 11.7. The van der Waals surface area contributed by atoms with Gasteiger partial charge in [-0.15, -0.1) is 0 Å². The Morgan fingerprint density at radius 1 is 1.22 bits per heavy atom. The Hall–Kier alpha value is -1.41. The molecule has 0 spiro atoms. The summed E-state index contributed by atoms with van der Waals surface area (Å²) in [7, 11) is -3.00. The fourth-order valence-corrected chi connectivity index (χ4v) is 4.88. The molecule has 0 bridgehead atoms. The summed E-state index contributed by atoms with van der Waals surface area (Å²) in [5.74, 6) is 0.917. The molecule has 0 aliphatic carbocycles. The van der Waals surface area contributed by atoms with Crippen LogP contribution in [0.3, 0.4) is 0 Å². The van der Waals surface area contributed by atoms with Gasteiger partial charge in [-0.2, -0.15) is 4.98 Å². The molecule has 1 saturated heterocycles. The molecule has 1 aliphatic heterocycles. The van der Waals surface area contributed by atoms with Crippen molar-refractivity contribution in [2.45, 2.75) is 44.3 Å². The molecule has 3 rings (SSSR count). The van der Waals surface area contributed by atoms with Crippen LogP contribution in [-0.4, -0.2) is 43.2 Å². The van der Waals surface area contributed by atoms with Crippen LogP contribution in [0.15, 0.2) is 33.3 Å². The Kier molecular flexibility index (Phi) is 5.68. The van der Waals surface area contributed by atoms with Gasteiger partial charge in [-0.05, 0) is 43.4 Å². The SMILES string of the molecule is CC(C)C(C)(c1ccc(Br)cc1)c1noc(N2CCC(S(C)(=O)=O)CC2)n1. The van der Waals surface area contributed by atoms with Crippen molar-refractivity contribution in [2.24, 2.45) is 5.92 Å². The van der Waals surface area contributed by atoms with Crippen LogP contribution in [0.1, 0.15) is 45.0 Å². The molecule has 1 aromatic heterocycles. The quantitative estimate of drug-likeness (QED) is 0.681. The van der Waals surface area contributed by atoms with Gasteiger partial charge in [0.25, 0.3) is 0 Å². The Morgan fingerprint density at radius 2 is 1.81 bits per heavy atom. The Morgan fingerprint density at radius 3 is 2.33 bits per heavy atom. The zero-order valence-corrected chi connectivity index (χ0v) is 18.5. The van der Waals surface area contributed by atoms with Crippen LogP contribution in [0.4, 0.5) is 6.01 Å². The molecular weight excluding hydrogens is 430 g/mol. The van der Waals surface area contributed by atoms with Gasteiger partial charge in [-0.3, -0.25) is 0 Å². The largest absolute Gasteiger partial charge is 0.324 e. The number of nitrogens with zero attached hydrogens (tertiary/aromatic N) is 3. The lowest BCUT2D eigenvalue weighted by atomic mass is 9.73. The lowest BCUT2D eigenvalue weighted by molar-refractivity contribution is 0.346. The number of halogens is 1. The zero-order valence-electron chi connectivity index (χ0n) is 16.1. The first-order chi connectivity index (χ1) is 12.6. The van der Waals surface area contributed by atoms with Gasteiger partial charge in [0, 0.05) is 23.8 Å². The van der Waals surface area contributed by atoms with Crippen LogP contribution >= 0.6 is 15.9 Å². The first kappa shape index (κ1) is 20.3. The van der Waals surface area contributed by atoms with Crippen molar-refractivity contribution in [1.29, 1.82) is 0 Å². The van der Waals surface area contributed by atoms with Crippen LogP contribution in [0.2, 0.25) is 0 Å². The standard InChI is InChI=1S/C19H26BrN3O3S/c1-13(2)19(3,14-5-7-15(20)8-6-14)17-21-18(26-22-17)23-11-9-16(10-12-23)27(4,24)25/h5-8,13,16H,9-12H2,1-4H3. The number of hydrogen-bond acceptors (Lipinski definition) is 6. The second kappa shape index (κ2) is 7.54. The number of aromatic nitrogens is 2. The predicted molar refractivity (Wildman–Crippen MR) is 110 cm³/mol. The minimum absolute atomic E-state index is 0.264. The third kappa shape index (κ3) is 4.06. The Bertz CT molecular complexity index is 887. The molecule has 2 heterocycles.